The first-order valence-corrected chi connectivity index (χ1v) is 9.11. The number of carbonyl (C=O) groups is 1. The number of nitrogens with one attached hydrogen (secondary N) is 1. The third kappa shape index (κ3) is 4.69. The topological polar surface area (TPSA) is 94.1 Å². The molecule has 1 fully saturated rings. The molecule has 0 unspecified atom stereocenters. The predicted octanol–water partition coefficient (Wildman–Crippen LogP) is 0.979. The van der Waals surface area contributed by atoms with Crippen LogP contribution in [0.3, 0.4) is 0 Å². The van der Waals surface area contributed by atoms with Gasteiger partial charge in [0.1, 0.15) is 0 Å². The number of sulfone groups is 1. The van der Waals surface area contributed by atoms with Gasteiger partial charge >= 0.3 is 0 Å². The van der Waals surface area contributed by atoms with Gasteiger partial charge in [0.25, 0.3) is 0 Å². The second kappa shape index (κ2) is 7.45. The fourth-order valence-electron chi connectivity index (χ4n) is 2.30. The zero-order valence-electron chi connectivity index (χ0n) is 13.1. The van der Waals surface area contributed by atoms with Crippen LogP contribution in [-0.2, 0) is 14.6 Å². The summed E-state index contributed by atoms with van der Waals surface area (Å²) >= 11 is 0. The number of methoxy groups -OCH3 is 1. The molecule has 0 bridgehead atoms. The molecule has 1 aliphatic rings. The van der Waals surface area contributed by atoms with Gasteiger partial charge in [-0.2, -0.15) is 5.10 Å². The Kier molecular flexibility index (Phi) is 5.59. The second-order valence-electron chi connectivity index (χ2n) is 5.18. The van der Waals surface area contributed by atoms with E-state index < -0.39 is 15.8 Å². The van der Waals surface area contributed by atoms with Crippen LogP contribution < -0.4 is 14.9 Å². The number of amides is 1. The molecule has 1 aliphatic heterocycles. The zero-order chi connectivity index (χ0) is 16.9. The van der Waals surface area contributed by atoms with Gasteiger partial charge < -0.3 is 9.47 Å². The number of nitrogens with zero attached hydrogens (tertiary/aromatic N) is 1. The van der Waals surface area contributed by atoms with Gasteiger partial charge in [-0.1, -0.05) is 0 Å². The summed E-state index contributed by atoms with van der Waals surface area (Å²) in [6, 6.07) is 5.28. The van der Waals surface area contributed by atoms with Crippen LogP contribution in [0.15, 0.2) is 23.3 Å². The lowest BCUT2D eigenvalue weighted by Crippen LogP contribution is -2.27. The van der Waals surface area contributed by atoms with Crippen LogP contribution in [0.1, 0.15) is 18.9 Å². The summed E-state index contributed by atoms with van der Waals surface area (Å²) < 4.78 is 33.4. The molecule has 1 aromatic rings. The van der Waals surface area contributed by atoms with E-state index in [9.17, 15) is 13.2 Å². The van der Waals surface area contributed by atoms with Crippen LogP contribution in [-0.4, -0.2) is 45.8 Å². The molecular weight excluding hydrogens is 320 g/mol. The molecule has 0 spiro atoms. The predicted molar refractivity (Wildman–Crippen MR) is 86.7 cm³/mol. The maximum atomic E-state index is 11.9. The molecule has 0 aliphatic carbocycles. The summed E-state index contributed by atoms with van der Waals surface area (Å²) in [5.41, 5.74) is 3.11. The van der Waals surface area contributed by atoms with Crippen molar-refractivity contribution >= 4 is 22.0 Å². The van der Waals surface area contributed by atoms with Gasteiger partial charge in [-0.3, -0.25) is 4.79 Å². The molecule has 1 atom stereocenters. The number of carbonyl (C=O) groups excluding carboxylic acids is 1. The molecule has 1 aromatic carbocycles. The van der Waals surface area contributed by atoms with Crippen molar-refractivity contribution in [3.8, 4) is 11.5 Å². The van der Waals surface area contributed by atoms with Gasteiger partial charge in [-0.25, -0.2) is 13.8 Å². The van der Waals surface area contributed by atoms with Gasteiger partial charge in [-0.15, -0.1) is 0 Å². The molecule has 0 radical (unpaired) electrons. The summed E-state index contributed by atoms with van der Waals surface area (Å²) in [5.74, 6) is 0.263. The Labute approximate surface area is 135 Å². The van der Waals surface area contributed by atoms with E-state index >= 15 is 0 Å². The molecule has 7 nitrogen and oxygen atoms in total. The van der Waals surface area contributed by atoms with E-state index in [1.165, 1.54) is 6.21 Å². The van der Waals surface area contributed by atoms with Gasteiger partial charge in [0, 0.05) is 0 Å². The Hall–Kier alpha value is -2.09. The summed E-state index contributed by atoms with van der Waals surface area (Å²) in [5, 5.41) is 3.87. The van der Waals surface area contributed by atoms with Crippen LogP contribution in [0.4, 0.5) is 0 Å². The normalized spacial score (nSPS) is 19.7. The average molecular weight is 340 g/mol. The van der Waals surface area contributed by atoms with E-state index in [1.54, 1.807) is 25.3 Å². The fourth-order valence-corrected chi connectivity index (χ4v) is 4.04. The van der Waals surface area contributed by atoms with E-state index in [0.717, 1.165) is 5.56 Å². The van der Waals surface area contributed by atoms with Gasteiger partial charge in [0.2, 0.25) is 5.91 Å². The first-order chi connectivity index (χ1) is 10.9. The highest BCUT2D eigenvalue weighted by molar-refractivity contribution is 7.91. The van der Waals surface area contributed by atoms with Crippen molar-refractivity contribution in [3.63, 3.8) is 0 Å². The molecule has 1 amide bonds. The number of hydrogen-bond acceptors (Lipinski definition) is 6. The lowest BCUT2D eigenvalue weighted by Gasteiger charge is -2.09. The lowest BCUT2D eigenvalue weighted by molar-refractivity contribution is -0.124. The van der Waals surface area contributed by atoms with Crippen molar-refractivity contribution in [3.05, 3.63) is 23.8 Å². The van der Waals surface area contributed by atoms with Crippen LogP contribution in [0.2, 0.25) is 0 Å². The third-order valence-corrected chi connectivity index (χ3v) is 5.25. The smallest absolute Gasteiger partial charge is 0.244 e. The maximum Gasteiger partial charge on any atom is 0.244 e. The van der Waals surface area contributed by atoms with Crippen LogP contribution >= 0.6 is 0 Å². The van der Waals surface area contributed by atoms with Crippen molar-refractivity contribution in [2.75, 3.05) is 25.2 Å². The van der Waals surface area contributed by atoms with Crippen molar-refractivity contribution in [1.29, 1.82) is 0 Å². The lowest BCUT2D eigenvalue weighted by atomic mass is 10.1. The number of hydrogen-bond donors (Lipinski definition) is 1. The average Bonchev–Trinajstić information content (AvgIpc) is 2.89. The minimum Gasteiger partial charge on any atom is -0.493 e. The Morgan fingerprint density at radius 3 is 2.83 bits per heavy atom. The van der Waals surface area contributed by atoms with Crippen LogP contribution in [0.25, 0.3) is 0 Å². The summed E-state index contributed by atoms with van der Waals surface area (Å²) in [6.07, 6.45) is 1.82. The minimum absolute atomic E-state index is 0.0604. The Morgan fingerprint density at radius 2 is 2.22 bits per heavy atom. The Bertz CT molecular complexity index is 700. The third-order valence-electron chi connectivity index (χ3n) is 3.48. The van der Waals surface area contributed by atoms with Crippen LogP contribution in [0.5, 0.6) is 11.5 Å². The van der Waals surface area contributed by atoms with E-state index in [2.05, 4.69) is 10.5 Å². The highest BCUT2D eigenvalue weighted by Crippen LogP contribution is 2.27. The Balaban J connectivity index is 1.96. The largest absolute Gasteiger partial charge is 0.493 e. The monoisotopic (exact) mass is 340 g/mol. The van der Waals surface area contributed by atoms with E-state index in [4.69, 9.17) is 9.47 Å². The maximum absolute atomic E-state index is 11.9. The number of ether oxygens (including phenoxy) is 2. The quantitative estimate of drug-likeness (QED) is 0.615. The highest BCUT2D eigenvalue weighted by Gasteiger charge is 2.32. The first kappa shape index (κ1) is 17.3. The molecule has 1 heterocycles. The summed E-state index contributed by atoms with van der Waals surface area (Å²) in [4.78, 5) is 11.9. The van der Waals surface area contributed by atoms with Crippen molar-refractivity contribution in [1.82, 2.24) is 5.43 Å². The number of hydrazone groups is 1. The highest BCUT2D eigenvalue weighted by atomic mass is 32.2. The molecule has 1 saturated heterocycles. The molecule has 2 rings (SSSR count). The van der Waals surface area contributed by atoms with E-state index in [-0.39, 0.29) is 17.4 Å². The summed E-state index contributed by atoms with van der Waals surface area (Å²) in [7, 11) is -1.54. The number of rotatable bonds is 6. The standard InChI is InChI=1S/C15H20N2O5S/c1-3-22-13-5-4-11(8-14(13)21-2)9-16-17-15(18)12-6-7-23(19,20)10-12/h4-5,8-9,12H,3,6-7,10H2,1-2H3,(H,17,18)/b16-9-/t12-/m1/s1. The first-order valence-electron chi connectivity index (χ1n) is 7.29. The molecule has 0 saturated carbocycles. The van der Waals surface area contributed by atoms with Crippen molar-refractivity contribution in [2.24, 2.45) is 11.0 Å². The van der Waals surface area contributed by atoms with E-state index in [1.807, 2.05) is 6.92 Å². The van der Waals surface area contributed by atoms with E-state index in [0.29, 0.717) is 24.5 Å². The molecular formula is C15H20N2O5S. The molecule has 1 N–H and O–H groups in total. The molecule has 8 heteroatoms. The molecule has 126 valence electrons. The summed E-state index contributed by atoms with van der Waals surface area (Å²) in [6.45, 7) is 2.41. The minimum atomic E-state index is -3.08. The van der Waals surface area contributed by atoms with Gasteiger partial charge in [0.05, 0.1) is 37.4 Å². The molecule has 23 heavy (non-hydrogen) atoms. The van der Waals surface area contributed by atoms with Gasteiger partial charge in [0.15, 0.2) is 21.3 Å². The Morgan fingerprint density at radius 1 is 1.43 bits per heavy atom. The van der Waals surface area contributed by atoms with Crippen molar-refractivity contribution in [2.45, 2.75) is 13.3 Å². The second-order valence-corrected chi connectivity index (χ2v) is 7.41. The van der Waals surface area contributed by atoms with Crippen LogP contribution in [0, 0.1) is 5.92 Å². The zero-order valence-corrected chi connectivity index (χ0v) is 13.9. The number of benzene rings is 1. The SMILES string of the molecule is CCOc1ccc(/C=N\NC(=O)[C@@H]2CCS(=O)(=O)C2)cc1OC. The van der Waals surface area contributed by atoms with Crippen molar-refractivity contribution < 1.29 is 22.7 Å². The molecule has 0 aromatic heterocycles. The fraction of sp³-hybridized carbons (Fsp3) is 0.467. The van der Waals surface area contributed by atoms with Gasteiger partial charge in [-0.05, 0) is 37.1 Å².